The first kappa shape index (κ1) is 20.9. The predicted molar refractivity (Wildman–Crippen MR) is 112 cm³/mol. The van der Waals surface area contributed by atoms with Crippen LogP contribution in [-0.2, 0) is 4.79 Å². The number of methoxy groups -OCH3 is 2. The van der Waals surface area contributed by atoms with Crippen LogP contribution in [0.1, 0.15) is 30.5 Å². The minimum absolute atomic E-state index is 0.245. The van der Waals surface area contributed by atoms with E-state index in [1.54, 1.807) is 26.4 Å². The number of nitrogens with one attached hydrogen (secondary N) is 1. The van der Waals surface area contributed by atoms with Gasteiger partial charge in [-0.1, -0.05) is 11.6 Å². The molecule has 3 rings (SSSR count). The Kier molecular flexibility index (Phi) is 6.88. The topological polar surface area (TPSA) is 66.0 Å². The summed E-state index contributed by atoms with van der Waals surface area (Å²) in [7, 11) is 3.19. The Morgan fingerprint density at radius 1 is 1.17 bits per heavy atom. The summed E-state index contributed by atoms with van der Waals surface area (Å²) < 4.78 is 21.9. The highest BCUT2D eigenvalue weighted by molar-refractivity contribution is 6.32. The van der Waals surface area contributed by atoms with Crippen molar-refractivity contribution >= 4 is 23.6 Å². The number of fused-ring (bicyclic) bond motifs is 1. The van der Waals surface area contributed by atoms with Gasteiger partial charge >= 0.3 is 0 Å². The largest absolute Gasteiger partial charge is 0.497 e. The molecule has 0 radical (unpaired) electrons. The first-order valence-corrected chi connectivity index (χ1v) is 9.69. The Labute approximate surface area is 175 Å². The number of carbonyl (C=O) groups excluding carboxylic acids is 1. The number of amides is 1. The van der Waals surface area contributed by atoms with Crippen LogP contribution in [0.25, 0.3) is 6.08 Å². The van der Waals surface area contributed by atoms with Gasteiger partial charge in [-0.3, -0.25) is 4.79 Å². The van der Waals surface area contributed by atoms with Crippen LogP contribution < -0.4 is 24.3 Å². The van der Waals surface area contributed by atoms with Gasteiger partial charge in [0.05, 0.1) is 38.5 Å². The van der Waals surface area contributed by atoms with Crippen molar-refractivity contribution in [2.75, 3.05) is 27.4 Å². The molecule has 29 heavy (non-hydrogen) atoms. The van der Waals surface area contributed by atoms with Gasteiger partial charge in [0.15, 0.2) is 11.5 Å². The first-order valence-electron chi connectivity index (χ1n) is 9.31. The van der Waals surface area contributed by atoms with E-state index in [0.29, 0.717) is 41.2 Å². The lowest BCUT2D eigenvalue weighted by Crippen LogP contribution is -2.25. The Morgan fingerprint density at radius 2 is 1.97 bits per heavy atom. The van der Waals surface area contributed by atoms with E-state index in [9.17, 15) is 4.79 Å². The second-order valence-electron chi connectivity index (χ2n) is 6.55. The Balaban J connectivity index is 1.72. The molecule has 0 spiro atoms. The monoisotopic (exact) mass is 417 g/mol. The maximum Gasteiger partial charge on any atom is 0.244 e. The maximum atomic E-state index is 12.4. The van der Waals surface area contributed by atoms with Crippen LogP contribution in [0, 0.1) is 0 Å². The third kappa shape index (κ3) is 5.15. The van der Waals surface area contributed by atoms with Crippen molar-refractivity contribution in [1.29, 1.82) is 0 Å². The van der Waals surface area contributed by atoms with E-state index in [1.165, 1.54) is 6.08 Å². The fourth-order valence-corrected chi connectivity index (χ4v) is 3.31. The third-order valence-corrected chi connectivity index (χ3v) is 4.79. The lowest BCUT2D eigenvalue weighted by Gasteiger charge is -2.17. The molecule has 2 aromatic carbocycles. The van der Waals surface area contributed by atoms with Gasteiger partial charge in [0, 0.05) is 18.1 Å². The highest BCUT2D eigenvalue weighted by atomic mass is 35.5. The summed E-state index contributed by atoms with van der Waals surface area (Å²) >= 11 is 6.30. The summed E-state index contributed by atoms with van der Waals surface area (Å²) in [6.45, 7) is 3.01. The molecule has 1 atom stereocenters. The zero-order valence-electron chi connectivity index (χ0n) is 16.7. The van der Waals surface area contributed by atoms with E-state index in [4.69, 9.17) is 30.5 Å². The molecule has 1 aliphatic rings. The molecule has 0 unspecified atom stereocenters. The zero-order valence-corrected chi connectivity index (χ0v) is 17.4. The zero-order chi connectivity index (χ0) is 20.8. The highest BCUT2D eigenvalue weighted by Crippen LogP contribution is 2.38. The number of benzene rings is 2. The van der Waals surface area contributed by atoms with E-state index in [1.807, 2.05) is 31.2 Å². The predicted octanol–water partition coefficient (Wildman–Crippen LogP) is 4.41. The molecular weight excluding hydrogens is 394 g/mol. The number of rotatable bonds is 6. The second kappa shape index (κ2) is 9.56. The molecule has 1 heterocycles. The average Bonchev–Trinajstić information content (AvgIpc) is 2.97. The van der Waals surface area contributed by atoms with Crippen LogP contribution in [0.15, 0.2) is 36.4 Å². The molecular formula is C22H24ClNO5. The van der Waals surface area contributed by atoms with Crippen molar-refractivity contribution in [2.45, 2.75) is 19.4 Å². The summed E-state index contributed by atoms with van der Waals surface area (Å²) in [5.41, 5.74) is 1.58. The van der Waals surface area contributed by atoms with Crippen LogP contribution in [0.4, 0.5) is 0 Å². The number of hydrogen-bond donors (Lipinski definition) is 1. The van der Waals surface area contributed by atoms with Gasteiger partial charge < -0.3 is 24.3 Å². The first-order chi connectivity index (χ1) is 14.0. The van der Waals surface area contributed by atoms with Crippen LogP contribution in [0.3, 0.4) is 0 Å². The Morgan fingerprint density at radius 3 is 2.72 bits per heavy atom. The van der Waals surface area contributed by atoms with Gasteiger partial charge in [-0.05, 0) is 48.9 Å². The average molecular weight is 418 g/mol. The summed E-state index contributed by atoms with van der Waals surface area (Å²) in [5, 5.41) is 3.39. The molecule has 0 bridgehead atoms. The number of halogens is 1. The molecule has 0 aromatic heterocycles. The van der Waals surface area contributed by atoms with Gasteiger partial charge in [0.25, 0.3) is 0 Å². The Bertz CT molecular complexity index is 912. The summed E-state index contributed by atoms with van der Waals surface area (Å²) in [6.07, 6.45) is 3.94. The van der Waals surface area contributed by atoms with Crippen LogP contribution >= 0.6 is 11.6 Å². The van der Waals surface area contributed by atoms with Gasteiger partial charge in [0.1, 0.15) is 11.5 Å². The molecule has 1 aliphatic heterocycles. The quantitative estimate of drug-likeness (QED) is 0.705. The summed E-state index contributed by atoms with van der Waals surface area (Å²) in [4.78, 5) is 12.4. The third-order valence-electron chi connectivity index (χ3n) is 4.51. The van der Waals surface area contributed by atoms with Crippen molar-refractivity contribution in [3.8, 4) is 23.0 Å². The summed E-state index contributed by atoms with van der Waals surface area (Å²) in [5.74, 6) is 2.26. The van der Waals surface area contributed by atoms with Gasteiger partial charge in [-0.15, -0.1) is 0 Å². The summed E-state index contributed by atoms with van der Waals surface area (Å²) in [6, 6.07) is 8.75. The molecule has 7 heteroatoms. The lowest BCUT2D eigenvalue weighted by atomic mass is 10.1. The van der Waals surface area contributed by atoms with E-state index < -0.39 is 0 Å². The molecule has 6 nitrogen and oxygen atoms in total. The molecule has 0 saturated heterocycles. The van der Waals surface area contributed by atoms with Crippen LogP contribution in [0.2, 0.25) is 5.02 Å². The van der Waals surface area contributed by atoms with Gasteiger partial charge in [0.2, 0.25) is 5.91 Å². The van der Waals surface area contributed by atoms with Crippen molar-refractivity contribution in [3.63, 3.8) is 0 Å². The van der Waals surface area contributed by atoms with Crippen molar-refractivity contribution in [3.05, 3.63) is 52.6 Å². The van der Waals surface area contributed by atoms with Crippen LogP contribution in [-0.4, -0.2) is 33.3 Å². The van der Waals surface area contributed by atoms with Crippen LogP contribution in [0.5, 0.6) is 23.0 Å². The molecule has 2 aromatic rings. The molecule has 1 amide bonds. The highest BCUT2D eigenvalue weighted by Gasteiger charge is 2.16. The fourth-order valence-electron chi connectivity index (χ4n) is 3.04. The second-order valence-corrected chi connectivity index (χ2v) is 6.96. The molecule has 0 fully saturated rings. The van der Waals surface area contributed by atoms with Crippen molar-refractivity contribution < 1.29 is 23.7 Å². The lowest BCUT2D eigenvalue weighted by molar-refractivity contribution is -0.117. The minimum Gasteiger partial charge on any atom is -0.497 e. The fraction of sp³-hybridized carbons (Fsp3) is 0.318. The van der Waals surface area contributed by atoms with E-state index in [2.05, 4.69) is 5.32 Å². The number of hydrogen-bond acceptors (Lipinski definition) is 5. The minimum atomic E-state index is -0.274. The Hall–Kier alpha value is -2.86. The molecule has 1 N–H and O–H groups in total. The molecule has 0 aliphatic carbocycles. The van der Waals surface area contributed by atoms with Gasteiger partial charge in [-0.25, -0.2) is 0 Å². The standard InChI is InChI=1S/C22H24ClNO5/c1-14(17-13-16(26-2)6-7-19(17)27-3)24-21(25)8-5-15-11-18(23)22-20(12-15)28-9-4-10-29-22/h5-8,11-14H,4,9-10H2,1-3H3,(H,24,25)/b8-5+/t14-/m0/s1. The van der Waals surface area contributed by atoms with Crippen molar-refractivity contribution in [1.82, 2.24) is 5.32 Å². The normalized spacial score (nSPS) is 14.2. The van der Waals surface area contributed by atoms with E-state index in [0.717, 1.165) is 17.5 Å². The smallest absolute Gasteiger partial charge is 0.244 e. The molecule has 0 saturated carbocycles. The van der Waals surface area contributed by atoms with E-state index >= 15 is 0 Å². The number of ether oxygens (including phenoxy) is 4. The van der Waals surface area contributed by atoms with Crippen molar-refractivity contribution in [2.24, 2.45) is 0 Å². The van der Waals surface area contributed by atoms with Gasteiger partial charge in [-0.2, -0.15) is 0 Å². The molecule has 154 valence electrons. The maximum absolute atomic E-state index is 12.4. The van der Waals surface area contributed by atoms with E-state index in [-0.39, 0.29) is 11.9 Å². The number of carbonyl (C=O) groups is 1. The SMILES string of the molecule is COc1ccc(OC)c([C@H](C)NC(=O)/C=C/c2cc(Cl)c3c(c2)OCCCO3)c1.